The molecule has 0 aliphatic rings. The zero-order valence-corrected chi connectivity index (χ0v) is 6.37. The van der Waals surface area contributed by atoms with E-state index in [0.29, 0.717) is 0 Å². The molecule has 0 rings (SSSR count). The van der Waals surface area contributed by atoms with E-state index in [1.807, 2.05) is 0 Å². The van der Waals surface area contributed by atoms with Gasteiger partial charge in [-0.15, -0.1) is 0 Å². The molecular formula is C2H4BLiMgO4. The zero-order valence-electron chi connectivity index (χ0n) is 7.96. The van der Waals surface area contributed by atoms with Crippen LogP contribution >= 0.6 is 0 Å². The van der Waals surface area contributed by atoms with Crippen molar-refractivity contribution in [1.82, 2.24) is 0 Å². The van der Waals surface area contributed by atoms with Crippen LogP contribution in [0.2, 0.25) is 0 Å². The van der Waals surface area contributed by atoms with Crippen LogP contribution in [-0.4, -0.2) is 48.1 Å². The molecule has 0 heterocycles. The Morgan fingerprint density at radius 1 is 1.56 bits per heavy atom. The van der Waals surface area contributed by atoms with Crippen molar-refractivity contribution in [3.05, 3.63) is 0 Å². The molecule has 0 atom stereocenters. The van der Waals surface area contributed by atoms with Gasteiger partial charge in [-0.2, -0.15) is 0 Å². The maximum absolute atomic E-state index is 9.56. The summed E-state index contributed by atoms with van der Waals surface area (Å²) in [6.45, 7) is 0. The average Bonchev–Trinajstić information content (AvgIpc) is 1.65. The van der Waals surface area contributed by atoms with Crippen molar-refractivity contribution in [3.8, 4) is 0 Å². The van der Waals surface area contributed by atoms with E-state index >= 15 is 0 Å². The Labute approximate surface area is 85.5 Å². The minimum absolute atomic E-state index is 0. The summed E-state index contributed by atoms with van der Waals surface area (Å²) in [5.41, 5.74) is 0. The van der Waals surface area contributed by atoms with Gasteiger partial charge in [0.1, 0.15) is 0 Å². The van der Waals surface area contributed by atoms with Crippen molar-refractivity contribution >= 4 is 43.0 Å². The molecule has 0 aromatic heterocycles. The first kappa shape index (κ1) is 16.2. The van der Waals surface area contributed by atoms with Crippen LogP contribution in [0.5, 0.6) is 0 Å². The minimum Gasteiger partial charge on any atom is -1.00 e. The van der Waals surface area contributed by atoms with E-state index in [9.17, 15) is 9.59 Å². The third-order valence-corrected chi connectivity index (χ3v) is 0.282. The molecule has 0 saturated heterocycles. The smallest absolute Gasteiger partial charge is 1.00 e. The number of hydrogen-bond acceptors (Lipinski definition) is 3. The molecule has 0 aliphatic heterocycles. The van der Waals surface area contributed by atoms with Crippen molar-refractivity contribution < 1.29 is 42.5 Å². The van der Waals surface area contributed by atoms with E-state index in [2.05, 4.69) is 12.7 Å². The number of carbonyl (C=O) groups is 2. The van der Waals surface area contributed by atoms with Gasteiger partial charge in [-0.25, -0.2) is 9.59 Å². The number of aliphatic carboxylic acids is 1. The Morgan fingerprint density at radius 2 is 1.89 bits per heavy atom. The molecule has 0 saturated carbocycles. The first-order valence-corrected chi connectivity index (χ1v) is 1.32. The number of rotatable bonds is 0. The molecule has 2 radical (unpaired) electrons. The Balaban J connectivity index is -0.0000000180. The fourth-order valence-corrected chi connectivity index (χ4v) is 0.0504. The molecule has 0 aliphatic carbocycles. The SMILES string of the molecule is [B]OC(=O)C(=O)O.[H-].[H-].[H-].[Li+].[Mg+2]. The van der Waals surface area contributed by atoms with Crippen molar-refractivity contribution in [2.75, 3.05) is 0 Å². The summed E-state index contributed by atoms with van der Waals surface area (Å²) in [5, 5.41) is 7.63. The minimum atomic E-state index is -1.69. The fourth-order valence-electron chi connectivity index (χ4n) is 0.0504. The summed E-state index contributed by atoms with van der Waals surface area (Å²) in [6.07, 6.45) is 0. The Hall–Kier alpha value is 0.369. The van der Waals surface area contributed by atoms with Crippen LogP contribution in [0.1, 0.15) is 4.28 Å². The van der Waals surface area contributed by atoms with Crippen LogP contribution in [0.15, 0.2) is 0 Å². The normalized spacial score (nSPS) is 5.78. The molecule has 4 nitrogen and oxygen atoms in total. The van der Waals surface area contributed by atoms with E-state index in [1.54, 1.807) is 0 Å². The van der Waals surface area contributed by atoms with Crippen LogP contribution in [0.25, 0.3) is 0 Å². The standard InChI is InChI=1S/C2HBO4.Li.Mg.3H/c3-7-2(6)1(4)5;;;;;/h(H,4,5);;;;;/q;+1;+2;3*-1. The molecule has 0 fully saturated rings. The van der Waals surface area contributed by atoms with Crippen LogP contribution < -0.4 is 18.9 Å². The molecule has 0 spiro atoms. The summed E-state index contributed by atoms with van der Waals surface area (Å²) in [4.78, 5) is 18.9. The summed E-state index contributed by atoms with van der Waals surface area (Å²) >= 11 is 0. The fraction of sp³-hybridized carbons (Fsp3) is 0. The summed E-state index contributed by atoms with van der Waals surface area (Å²) < 4.78 is 3.27. The third kappa shape index (κ3) is 8.37. The molecule has 1 N–H and O–H groups in total. The molecule has 42 valence electrons. The van der Waals surface area contributed by atoms with E-state index in [0.717, 1.165) is 0 Å². The zero-order chi connectivity index (χ0) is 5.86. The van der Waals surface area contributed by atoms with Crippen molar-refractivity contribution in [1.29, 1.82) is 0 Å². The quantitative estimate of drug-likeness (QED) is 0.269. The van der Waals surface area contributed by atoms with Gasteiger partial charge in [-0.3, -0.25) is 0 Å². The van der Waals surface area contributed by atoms with Crippen molar-refractivity contribution in [2.24, 2.45) is 0 Å². The Bertz CT molecular complexity index is 116. The summed E-state index contributed by atoms with van der Waals surface area (Å²) in [6, 6.07) is 0. The predicted molar refractivity (Wildman–Crippen MR) is 28.6 cm³/mol. The third-order valence-electron chi connectivity index (χ3n) is 0.282. The topological polar surface area (TPSA) is 63.6 Å². The van der Waals surface area contributed by atoms with Crippen molar-refractivity contribution in [2.45, 2.75) is 0 Å². The number of carboxylic acid groups (broad SMARTS) is 1. The molecule has 7 heteroatoms. The molecule has 0 aromatic rings. The van der Waals surface area contributed by atoms with Gasteiger partial charge in [0.25, 0.3) is 0 Å². The maximum Gasteiger partial charge on any atom is 2.00 e. The van der Waals surface area contributed by atoms with Gasteiger partial charge >= 0.3 is 61.9 Å². The first-order valence-electron chi connectivity index (χ1n) is 1.32. The summed E-state index contributed by atoms with van der Waals surface area (Å²) in [5.74, 6) is -3.15. The molecular weight excluding hydrogens is 130 g/mol. The predicted octanol–water partition coefficient (Wildman–Crippen LogP) is -4.34. The van der Waals surface area contributed by atoms with Gasteiger partial charge in [0.05, 0.1) is 0 Å². The Kier molecular flexibility index (Phi) is 15.0. The van der Waals surface area contributed by atoms with E-state index in [4.69, 9.17) is 5.11 Å². The number of hydrogen-bond donors (Lipinski definition) is 1. The average molecular weight is 134 g/mol. The second kappa shape index (κ2) is 8.37. The second-order valence-electron chi connectivity index (χ2n) is 0.710. The van der Waals surface area contributed by atoms with Gasteiger partial charge in [-0.05, 0) is 0 Å². The Morgan fingerprint density at radius 3 is 1.89 bits per heavy atom. The van der Waals surface area contributed by atoms with E-state index < -0.39 is 11.9 Å². The number of carboxylic acids is 1. The molecule has 0 aromatic carbocycles. The largest absolute Gasteiger partial charge is 2.00 e. The van der Waals surface area contributed by atoms with Crippen LogP contribution in [0.4, 0.5) is 0 Å². The molecule has 0 unspecified atom stereocenters. The van der Waals surface area contributed by atoms with E-state index in [1.165, 1.54) is 0 Å². The maximum atomic E-state index is 9.56. The molecule has 0 bridgehead atoms. The van der Waals surface area contributed by atoms with Crippen LogP contribution in [0, 0.1) is 0 Å². The van der Waals surface area contributed by atoms with E-state index in [-0.39, 0.29) is 46.2 Å². The van der Waals surface area contributed by atoms with Crippen molar-refractivity contribution in [3.63, 3.8) is 0 Å². The van der Waals surface area contributed by atoms with Gasteiger partial charge in [0.15, 0.2) is 0 Å². The van der Waals surface area contributed by atoms with Crippen LogP contribution in [-0.2, 0) is 14.2 Å². The van der Waals surface area contributed by atoms with Gasteiger partial charge < -0.3 is 14.0 Å². The van der Waals surface area contributed by atoms with Gasteiger partial charge in [-0.1, -0.05) is 0 Å². The monoisotopic (exact) mass is 134 g/mol. The van der Waals surface area contributed by atoms with Crippen LogP contribution in [0.3, 0.4) is 0 Å². The second-order valence-corrected chi connectivity index (χ2v) is 0.710. The van der Waals surface area contributed by atoms with Gasteiger partial charge in [0.2, 0.25) is 0 Å². The number of carbonyl (C=O) groups excluding carboxylic acids is 1. The van der Waals surface area contributed by atoms with Gasteiger partial charge in [0, 0.05) is 0 Å². The summed E-state index contributed by atoms with van der Waals surface area (Å²) in [7, 11) is 4.14. The molecule has 9 heavy (non-hydrogen) atoms. The first-order chi connectivity index (χ1) is 3.18. The molecule has 0 amide bonds.